The first kappa shape index (κ1) is 13.3. The summed E-state index contributed by atoms with van der Waals surface area (Å²) in [5.74, 6) is 5.38. The Labute approximate surface area is 105 Å². The van der Waals surface area contributed by atoms with Crippen LogP contribution in [-0.2, 0) is 4.79 Å². The smallest absolute Gasteiger partial charge is 0.235 e. The molecule has 17 heavy (non-hydrogen) atoms. The number of carbonyl (C=O) groups excluding carboxylic acids is 2. The molecule has 0 atom stereocenters. The van der Waals surface area contributed by atoms with Gasteiger partial charge in [-0.05, 0) is 19.1 Å². The van der Waals surface area contributed by atoms with Crippen LogP contribution in [0.3, 0.4) is 0 Å². The molecule has 0 saturated heterocycles. The zero-order chi connectivity index (χ0) is 12.7. The molecule has 0 aliphatic rings. The maximum Gasteiger partial charge on any atom is 0.235 e. The van der Waals surface area contributed by atoms with E-state index in [1.165, 1.54) is 6.92 Å². The first-order chi connectivity index (χ1) is 8.13. The van der Waals surface area contributed by atoms with Crippen LogP contribution in [0.5, 0.6) is 0 Å². The van der Waals surface area contributed by atoms with Crippen molar-refractivity contribution in [2.45, 2.75) is 6.92 Å². The molecule has 0 saturated carbocycles. The number of hydrogen-bond donors (Lipinski definition) is 1. The highest BCUT2D eigenvalue weighted by atomic mass is 35.5. The number of Topliss-reactive ketones (excluding diaryl/α,β-unsaturated/α-hetero) is 1. The zero-order valence-corrected chi connectivity index (χ0v) is 10.2. The second kappa shape index (κ2) is 6.72. The molecular weight excluding hydrogens is 238 g/mol. The summed E-state index contributed by atoms with van der Waals surface area (Å²) in [7, 11) is 0. The Hall–Kier alpha value is -1.79. The van der Waals surface area contributed by atoms with Crippen molar-refractivity contribution in [3.05, 3.63) is 35.4 Å². The first-order valence-electron chi connectivity index (χ1n) is 5.06. The van der Waals surface area contributed by atoms with Gasteiger partial charge in [0.1, 0.15) is 5.88 Å². The number of nitrogens with one attached hydrogen (secondary N) is 1. The molecule has 0 spiro atoms. The standard InChI is InChI=1S/C13H12ClNO2/c1-10(16)12-6-4-11(5-7-12)3-2-8-15-13(17)9-14/h4-7H,8-9H2,1H3,(H,15,17). The van der Waals surface area contributed by atoms with Crippen LogP contribution in [0.15, 0.2) is 24.3 Å². The van der Waals surface area contributed by atoms with Crippen molar-refractivity contribution < 1.29 is 9.59 Å². The van der Waals surface area contributed by atoms with E-state index in [9.17, 15) is 9.59 Å². The lowest BCUT2D eigenvalue weighted by Crippen LogP contribution is -2.24. The molecule has 1 N–H and O–H groups in total. The Balaban J connectivity index is 2.55. The molecule has 0 aliphatic carbocycles. The average molecular weight is 250 g/mol. The molecule has 4 heteroatoms. The van der Waals surface area contributed by atoms with E-state index in [1.54, 1.807) is 24.3 Å². The van der Waals surface area contributed by atoms with Gasteiger partial charge in [-0.1, -0.05) is 24.0 Å². The summed E-state index contributed by atoms with van der Waals surface area (Å²) in [6.45, 7) is 1.78. The first-order valence-corrected chi connectivity index (χ1v) is 5.59. The number of alkyl halides is 1. The molecule has 0 heterocycles. The number of rotatable bonds is 3. The van der Waals surface area contributed by atoms with E-state index in [2.05, 4.69) is 17.2 Å². The van der Waals surface area contributed by atoms with Crippen LogP contribution >= 0.6 is 11.6 Å². The molecule has 0 aromatic heterocycles. The Morgan fingerprint density at radius 1 is 1.29 bits per heavy atom. The highest BCUT2D eigenvalue weighted by Gasteiger charge is 1.97. The second-order valence-corrected chi connectivity index (χ2v) is 3.61. The molecule has 0 aliphatic heterocycles. The van der Waals surface area contributed by atoms with E-state index in [4.69, 9.17) is 11.6 Å². The molecule has 0 radical (unpaired) electrons. The molecule has 88 valence electrons. The largest absolute Gasteiger partial charge is 0.344 e. The van der Waals surface area contributed by atoms with Crippen molar-refractivity contribution in [1.29, 1.82) is 0 Å². The Bertz CT molecular complexity index is 468. The highest BCUT2D eigenvalue weighted by Crippen LogP contribution is 2.03. The van der Waals surface area contributed by atoms with Gasteiger partial charge in [-0.25, -0.2) is 0 Å². The topological polar surface area (TPSA) is 46.2 Å². The second-order valence-electron chi connectivity index (χ2n) is 3.35. The average Bonchev–Trinajstić information content (AvgIpc) is 2.34. The fraction of sp³-hybridized carbons (Fsp3) is 0.231. The molecule has 1 aromatic carbocycles. The third-order valence-electron chi connectivity index (χ3n) is 2.02. The summed E-state index contributed by atoms with van der Waals surface area (Å²) in [4.78, 5) is 21.8. The van der Waals surface area contributed by atoms with Crippen LogP contribution in [0.25, 0.3) is 0 Å². The quantitative estimate of drug-likeness (QED) is 0.502. The monoisotopic (exact) mass is 249 g/mol. The molecule has 1 rings (SSSR count). The van der Waals surface area contributed by atoms with Crippen LogP contribution in [0, 0.1) is 11.8 Å². The number of benzene rings is 1. The number of hydrogen-bond acceptors (Lipinski definition) is 2. The van der Waals surface area contributed by atoms with Gasteiger partial charge in [0, 0.05) is 11.1 Å². The van der Waals surface area contributed by atoms with E-state index >= 15 is 0 Å². The third-order valence-corrected chi connectivity index (χ3v) is 2.26. The van der Waals surface area contributed by atoms with Crippen LogP contribution in [0.2, 0.25) is 0 Å². The lowest BCUT2D eigenvalue weighted by molar-refractivity contribution is -0.118. The number of halogens is 1. The van der Waals surface area contributed by atoms with Crippen LogP contribution in [-0.4, -0.2) is 24.1 Å². The summed E-state index contributed by atoms with van der Waals surface area (Å²) in [6.07, 6.45) is 0. The van der Waals surface area contributed by atoms with Gasteiger partial charge in [-0.2, -0.15) is 0 Å². The molecular formula is C13H12ClNO2. The summed E-state index contributed by atoms with van der Waals surface area (Å²) < 4.78 is 0. The van der Waals surface area contributed by atoms with Crippen LogP contribution in [0.4, 0.5) is 0 Å². The van der Waals surface area contributed by atoms with Gasteiger partial charge >= 0.3 is 0 Å². The van der Waals surface area contributed by atoms with E-state index in [-0.39, 0.29) is 24.1 Å². The summed E-state index contributed by atoms with van der Waals surface area (Å²) in [6, 6.07) is 6.99. The van der Waals surface area contributed by atoms with Crippen LogP contribution in [0.1, 0.15) is 22.8 Å². The lowest BCUT2D eigenvalue weighted by atomic mass is 10.1. The van der Waals surface area contributed by atoms with E-state index in [1.807, 2.05) is 0 Å². The molecule has 0 unspecified atom stereocenters. The Morgan fingerprint density at radius 3 is 2.47 bits per heavy atom. The number of ketones is 1. The summed E-state index contributed by atoms with van der Waals surface area (Å²) >= 11 is 5.30. The molecule has 0 fully saturated rings. The van der Waals surface area contributed by atoms with Gasteiger partial charge < -0.3 is 5.32 Å². The van der Waals surface area contributed by atoms with Gasteiger partial charge in [0.05, 0.1) is 6.54 Å². The van der Waals surface area contributed by atoms with Crippen molar-refractivity contribution in [3.8, 4) is 11.8 Å². The lowest BCUT2D eigenvalue weighted by Gasteiger charge is -1.96. The van der Waals surface area contributed by atoms with Crippen LogP contribution < -0.4 is 5.32 Å². The van der Waals surface area contributed by atoms with E-state index < -0.39 is 0 Å². The fourth-order valence-electron chi connectivity index (χ4n) is 1.12. The zero-order valence-electron chi connectivity index (χ0n) is 9.42. The molecule has 1 amide bonds. The maximum absolute atomic E-state index is 11.0. The Kier molecular flexibility index (Phi) is 5.25. The van der Waals surface area contributed by atoms with Gasteiger partial charge in [0.15, 0.2) is 5.78 Å². The normalized spacial score (nSPS) is 9.06. The van der Waals surface area contributed by atoms with Crippen molar-refractivity contribution in [2.75, 3.05) is 12.4 Å². The van der Waals surface area contributed by atoms with E-state index in [0.29, 0.717) is 5.56 Å². The van der Waals surface area contributed by atoms with Gasteiger partial charge in [0.25, 0.3) is 0 Å². The fourth-order valence-corrected chi connectivity index (χ4v) is 1.22. The van der Waals surface area contributed by atoms with Crippen molar-refractivity contribution >= 4 is 23.3 Å². The highest BCUT2D eigenvalue weighted by molar-refractivity contribution is 6.27. The number of carbonyl (C=O) groups is 2. The maximum atomic E-state index is 11.0. The summed E-state index contributed by atoms with van der Waals surface area (Å²) in [5.41, 5.74) is 1.46. The van der Waals surface area contributed by atoms with Gasteiger partial charge in [0.2, 0.25) is 5.91 Å². The predicted octanol–water partition coefficient (Wildman–Crippen LogP) is 1.60. The minimum Gasteiger partial charge on any atom is -0.344 e. The third kappa shape index (κ3) is 4.71. The molecule has 1 aromatic rings. The van der Waals surface area contributed by atoms with Crippen molar-refractivity contribution in [2.24, 2.45) is 0 Å². The van der Waals surface area contributed by atoms with Crippen molar-refractivity contribution in [1.82, 2.24) is 5.32 Å². The van der Waals surface area contributed by atoms with Gasteiger partial charge in [-0.15, -0.1) is 11.6 Å². The minimum atomic E-state index is -0.243. The summed E-state index contributed by atoms with van der Waals surface area (Å²) in [5, 5.41) is 2.53. The van der Waals surface area contributed by atoms with Crippen molar-refractivity contribution in [3.63, 3.8) is 0 Å². The minimum absolute atomic E-state index is 0.0267. The molecule has 3 nitrogen and oxygen atoms in total. The van der Waals surface area contributed by atoms with Gasteiger partial charge in [-0.3, -0.25) is 9.59 Å². The number of amides is 1. The Morgan fingerprint density at radius 2 is 1.94 bits per heavy atom. The molecule has 0 bridgehead atoms. The van der Waals surface area contributed by atoms with E-state index in [0.717, 1.165) is 5.56 Å². The SMILES string of the molecule is CC(=O)c1ccc(C#CCNC(=O)CCl)cc1. The predicted molar refractivity (Wildman–Crippen MR) is 67.1 cm³/mol.